The van der Waals surface area contributed by atoms with E-state index in [9.17, 15) is 18.0 Å². The Bertz CT molecular complexity index is 1160. The van der Waals surface area contributed by atoms with Crippen molar-refractivity contribution >= 4 is 27.5 Å². The molecule has 176 valence electrons. The van der Waals surface area contributed by atoms with Crippen molar-refractivity contribution in [1.82, 2.24) is 9.62 Å². The number of nitrogens with one attached hydrogen (secondary N) is 1. The van der Waals surface area contributed by atoms with Crippen LogP contribution in [0.25, 0.3) is 0 Å². The number of methoxy groups -OCH3 is 1. The molecule has 10 heteroatoms. The highest BCUT2D eigenvalue weighted by Gasteiger charge is 2.38. The van der Waals surface area contributed by atoms with Crippen molar-refractivity contribution < 1.29 is 27.5 Å². The molecule has 2 aliphatic rings. The number of fused-ring (bicyclic) bond motifs is 1. The molecule has 4 rings (SSSR count). The van der Waals surface area contributed by atoms with Crippen molar-refractivity contribution in [2.24, 2.45) is 0 Å². The van der Waals surface area contributed by atoms with Gasteiger partial charge in [0.2, 0.25) is 21.8 Å². The molecule has 1 N–H and O–H groups in total. The van der Waals surface area contributed by atoms with E-state index in [1.165, 1.54) is 22.2 Å². The van der Waals surface area contributed by atoms with Crippen molar-refractivity contribution in [3.05, 3.63) is 53.6 Å². The van der Waals surface area contributed by atoms with Crippen LogP contribution in [0.4, 0.5) is 5.69 Å². The van der Waals surface area contributed by atoms with E-state index < -0.39 is 16.1 Å². The number of morpholine rings is 1. The van der Waals surface area contributed by atoms with Crippen molar-refractivity contribution in [1.29, 1.82) is 0 Å². The number of carbonyl (C=O) groups excluding carboxylic acids is 2. The Kier molecular flexibility index (Phi) is 6.68. The minimum atomic E-state index is -3.67. The number of amides is 2. The average molecular weight is 474 g/mol. The lowest BCUT2D eigenvalue weighted by Crippen LogP contribution is -2.47. The maximum atomic E-state index is 13.0. The van der Waals surface area contributed by atoms with Gasteiger partial charge in [0.15, 0.2) is 0 Å². The van der Waals surface area contributed by atoms with Gasteiger partial charge < -0.3 is 14.8 Å². The maximum Gasteiger partial charge on any atom is 0.243 e. The Morgan fingerprint density at radius 2 is 1.91 bits per heavy atom. The van der Waals surface area contributed by atoms with Crippen molar-refractivity contribution in [2.75, 3.05) is 38.3 Å². The Hall–Kier alpha value is -2.95. The van der Waals surface area contributed by atoms with Gasteiger partial charge in [-0.3, -0.25) is 14.5 Å². The molecule has 0 radical (unpaired) electrons. The van der Waals surface area contributed by atoms with Crippen LogP contribution in [0.1, 0.15) is 18.1 Å². The van der Waals surface area contributed by atoms with Crippen LogP contribution in [0.3, 0.4) is 0 Å². The monoisotopic (exact) mass is 473 g/mol. The summed E-state index contributed by atoms with van der Waals surface area (Å²) in [5, 5.41) is 2.88. The highest BCUT2D eigenvalue weighted by atomic mass is 32.2. The van der Waals surface area contributed by atoms with Gasteiger partial charge in [-0.05, 0) is 41.5 Å². The van der Waals surface area contributed by atoms with Crippen LogP contribution < -0.4 is 15.0 Å². The molecule has 2 amide bonds. The lowest BCUT2D eigenvalue weighted by molar-refractivity contribution is -0.125. The fourth-order valence-corrected chi connectivity index (χ4v) is 5.67. The van der Waals surface area contributed by atoms with Gasteiger partial charge >= 0.3 is 0 Å². The van der Waals surface area contributed by atoms with E-state index in [-0.39, 0.29) is 29.7 Å². The summed E-state index contributed by atoms with van der Waals surface area (Å²) >= 11 is 0. The molecule has 0 aliphatic carbocycles. The van der Waals surface area contributed by atoms with Crippen LogP contribution in [0.5, 0.6) is 5.75 Å². The fraction of sp³-hybridized carbons (Fsp3) is 0.391. The topological polar surface area (TPSA) is 105 Å². The minimum Gasteiger partial charge on any atom is -0.497 e. The average Bonchev–Trinajstić information content (AvgIpc) is 3.22. The first kappa shape index (κ1) is 23.2. The molecule has 1 fully saturated rings. The number of anilines is 1. The summed E-state index contributed by atoms with van der Waals surface area (Å²) in [6.45, 7) is 3.00. The molecule has 2 aliphatic heterocycles. The predicted molar refractivity (Wildman–Crippen MR) is 122 cm³/mol. The van der Waals surface area contributed by atoms with Crippen LogP contribution in [0.15, 0.2) is 47.4 Å². The van der Waals surface area contributed by atoms with Gasteiger partial charge in [0, 0.05) is 38.7 Å². The highest BCUT2D eigenvalue weighted by molar-refractivity contribution is 7.89. The quantitative estimate of drug-likeness (QED) is 0.678. The van der Waals surface area contributed by atoms with Gasteiger partial charge in [-0.2, -0.15) is 4.31 Å². The summed E-state index contributed by atoms with van der Waals surface area (Å²) in [6, 6.07) is 11.3. The molecule has 0 unspecified atom stereocenters. The Morgan fingerprint density at radius 3 is 2.61 bits per heavy atom. The van der Waals surface area contributed by atoms with Gasteiger partial charge in [0.1, 0.15) is 11.8 Å². The molecule has 0 spiro atoms. The van der Waals surface area contributed by atoms with Crippen molar-refractivity contribution in [2.45, 2.75) is 30.8 Å². The largest absolute Gasteiger partial charge is 0.497 e. The first-order chi connectivity index (χ1) is 15.8. The second-order valence-electron chi connectivity index (χ2n) is 7.99. The molecule has 2 aromatic carbocycles. The third-order valence-corrected chi connectivity index (χ3v) is 7.78. The third kappa shape index (κ3) is 4.73. The van der Waals surface area contributed by atoms with E-state index in [4.69, 9.17) is 9.47 Å². The molecule has 9 nitrogen and oxygen atoms in total. The van der Waals surface area contributed by atoms with Crippen molar-refractivity contribution in [3.8, 4) is 5.75 Å². The molecule has 0 bridgehead atoms. The van der Waals surface area contributed by atoms with E-state index >= 15 is 0 Å². The second kappa shape index (κ2) is 9.50. The number of hydrogen-bond acceptors (Lipinski definition) is 6. The zero-order chi connectivity index (χ0) is 23.6. The van der Waals surface area contributed by atoms with E-state index in [0.29, 0.717) is 43.3 Å². The van der Waals surface area contributed by atoms with Gasteiger partial charge in [-0.25, -0.2) is 8.42 Å². The summed E-state index contributed by atoms with van der Waals surface area (Å²) < 4.78 is 37.9. The molecule has 33 heavy (non-hydrogen) atoms. The van der Waals surface area contributed by atoms with Crippen LogP contribution in [-0.2, 0) is 37.3 Å². The predicted octanol–water partition coefficient (Wildman–Crippen LogP) is 1.31. The molecular formula is C23H27N3O6S. The maximum absolute atomic E-state index is 13.0. The van der Waals surface area contributed by atoms with Crippen LogP contribution in [0, 0.1) is 0 Å². The number of carbonyl (C=O) groups is 2. The standard InChI is InChI=1S/C23H27N3O6S/c1-16(27)26-21-7-6-20(33(29,30)25-8-10-32-11-9-25)13-18(21)14-22(26)23(28)24-15-17-4-3-5-19(12-17)31-2/h3-7,12-13,22H,8-11,14-15H2,1-2H3,(H,24,28)/t22-/m0/s1. The first-order valence-corrected chi connectivity index (χ1v) is 12.2. The van der Waals surface area contributed by atoms with Crippen LogP contribution in [0.2, 0.25) is 0 Å². The van der Waals surface area contributed by atoms with Gasteiger partial charge in [0.05, 0.1) is 25.2 Å². The van der Waals surface area contributed by atoms with E-state index in [2.05, 4.69) is 5.32 Å². The number of rotatable bonds is 6. The molecule has 1 saturated heterocycles. The number of nitrogens with zero attached hydrogens (tertiary/aromatic N) is 2. The second-order valence-corrected chi connectivity index (χ2v) is 9.92. The van der Waals surface area contributed by atoms with E-state index in [1.807, 2.05) is 24.3 Å². The Morgan fingerprint density at radius 1 is 1.15 bits per heavy atom. The Labute approximate surface area is 193 Å². The summed E-state index contributed by atoms with van der Waals surface area (Å²) in [6.07, 6.45) is 0.241. The Balaban J connectivity index is 1.53. The smallest absolute Gasteiger partial charge is 0.243 e. The van der Waals surface area contributed by atoms with E-state index in [0.717, 1.165) is 5.56 Å². The van der Waals surface area contributed by atoms with E-state index in [1.54, 1.807) is 19.2 Å². The molecule has 1 atom stereocenters. The summed E-state index contributed by atoms with van der Waals surface area (Å²) in [5.41, 5.74) is 2.08. The lowest BCUT2D eigenvalue weighted by atomic mass is 10.1. The number of sulfonamides is 1. The first-order valence-electron chi connectivity index (χ1n) is 10.7. The van der Waals surface area contributed by atoms with Crippen LogP contribution >= 0.6 is 0 Å². The van der Waals surface area contributed by atoms with Crippen molar-refractivity contribution in [3.63, 3.8) is 0 Å². The molecule has 0 saturated carbocycles. The zero-order valence-corrected chi connectivity index (χ0v) is 19.4. The zero-order valence-electron chi connectivity index (χ0n) is 18.6. The third-order valence-electron chi connectivity index (χ3n) is 5.89. The number of ether oxygens (including phenoxy) is 2. The SMILES string of the molecule is COc1cccc(CNC(=O)[C@@H]2Cc3cc(S(=O)(=O)N4CCOCC4)ccc3N2C(C)=O)c1. The van der Waals surface area contributed by atoms with Gasteiger partial charge in [-0.15, -0.1) is 0 Å². The summed E-state index contributed by atoms with van der Waals surface area (Å²) in [5.74, 6) is 0.107. The lowest BCUT2D eigenvalue weighted by Gasteiger charge is -2.26. The minimum absolute atomic E-state index is 0.157. The normalized spacial score (nSPS) is 18.6. The summed E-state index contributed by atoms with van der Waals surface area (Å²) in [7, 11) is -2.10. The fourth-order valence-electron chi connectivity index (χ4n) is 4.21. The van der Waals surface area contributed by atoms with Gasteiger partial charge in [-0.1, -0.05) is 12.1 Å². The number of hydrogen-bond donors (Lipinski definition) is 1. The molecular weight excluding hydrogens is 446 g/mol. The molecule has 2 heterocycles. The summed E-state index contributed by atoms with van der Waals surface area (Å²) in [4.78, 5) is 27.0. The number of benzene rings is 2. The van der Waals surface area contributed by atoms with Crippen LogP contribution in [-0.4, -0.2) is 64.0 Å². The molecule has 2 aromatic rings. The van der Waals surface area contributed by atoms with Gasteiger partial charge in [0.25, 0.3) is 0 Å². The molecule has 0 aromatic heterocycles. The highest BCUT2D eigenvalue weighted by Crippen LogP contribution is 2.35.